The first-order chi connectivity index (χ1) is 17.9. The zero-order valence-corrected chi connectivity index (χ0v) is 21.2. The predicted molar refractivity (Wildman–Crippen MR) is 140 cm³/mol. The van der Waals surface area contributed by atoms with Gasteiger partial charge < -0.3 is 14.2 Å². The van der Waals surface area contributed by atoms with Crippen molar-refractivity contribution in [2.24, 2.45) is 0 Å². The number of nitrogens with zero attached hydrogens (tertiary/aromatic N) is 2. The number of para-hydroxylation sites is 2. The molecule has 3 aromatic carbocycles. The van der Waals surface area contributed by atoms with Gasteiger partial charge in [0.2, 0.25) is 0 Å². The van der Waals surface area contributed by atoms with E-state index >= 15 is 0 Å². The van der Waals surface area contributed by atoms with Crippen molar-refractivity contribution in [2.45, 2.75) is 6.61 Å². The predicted octanol–water partition coefficient (Wildman–Crippen LogP) is 5.95. The lowest BCUT2D eigenvalue weighted by molar-refractivity contribution is -0.385. The van der Waals surface area contributed by atoms with Crippen LogP contribution >= 0.6 is 23.4 Å². The van der Waals surface area contributed by atoms with Crippen molar-refractivity contribution in [2.75, 3.05) is 20.3 Å². The SMILES string of the molecule is COc1ccc(/C=C2\SC(=O)N(CCOc3ccccc3Cl)C2=O)cc1OCc1ccccc1[N+](=O)[O-]. The van der Waals surface area contributed by atoms with E-state index in [1.165, 1.54) is 13.2 Å². The van der Waals surface area contributed by atoms with Gasteiger partial charge in [0.15, 0.2) is 11.5 Å². The van der Waals surface area contributed by atoms with Crippen LogP contribution in [0.2, 0.25) is 5.02 Å². The summed E-state index contributed by atoms with van der Waals surface area (Å²) in [7, 11) is 1.48. The molecule has 1 aliphatic heterocycles. The van der Waals surface area contributed by atoms with E-state index in [4.69, 9.17) is 25.8 Å². The molecule has 0 atom stereocenters. The zero-order chi connectivity index (χ0) is 26.4. The normalized spacial score (nSPS) is 14.2. The fourth-order valence-electron chi connectivity index (χ4n) is 3.52. The number of benzene rings is 3. The van der Waals surface area contributed by atoms with Crippen LogP contribution in [0, 0.1) is 10.1 Å². The molecule has 0 radical (unpaired) electrons. The van der Waals surface area contributed by atoms with Gasteiger partial charge in [-0.15, -0.1) is 0 Å². The molecule has 1 saturated heterocycles. The van der Waals surface area contributed by atoms with Crippen LogP contribution in [0.3, 0.4) is 0 Å². The number of methoxy groups -OCH3 is 1. The number of amides is 2. The average molecular weight is 541 g/mol. The average Bonchev–Trinajstić information content (AvgIpc) is 3.16. The second-order valence-corrected chi connectivity index (χ2v) is 9.10. The molecule has 37 heavy (non-hydrogen) atoms. The summed E-state index contributed by atoms with van der Waals surface area (Å²) in [6, 6.07) is 18.2. The molecule has 9 nitrogen and oxygen atoms in total. The molecule has 0 saturated carbocycles. The summed E-state index contributed by atoms with van der Waals surface area (Å²) in [5.74, 6) is 0.788. The monoisotopic (exact) mass is 540 g/mol. The number of nitro benzene ring substituents is 1. The number of rotatable bonds is 10. The Morgan fingerprint density at radius 3 is 2.51 bits per heavy atom. The van der Waals surface area contributed by atoms with Crippen molar-refractivity contribution in [3.8, 4) is 17.2 Å². The number of nitro groups is 1. The number of thioether (sulfide) groups is 1. The second-order valence-electron chi connectivity index (χ2n) is 7.70. The maximum atomic E-state index is 12.9. The minimum atomic E-state index is -0.470. The summed E-state index contributed by atoms with van der Waals surface area (Å²) in [6.07, 6.45) is 1.58. The molecular formula is C26H21ClN2O7S. The summed E-state index contributed by atoms with van der Waals surface area (Å²) in [5.41, 5.74) is 0.945. The Kier molecular flexibility index (Phi) is 8.32. The van der Waals surface area contributed by atoms with Gasteiger partial charge in [0.1, 0.15) is 19.0 Å². The Hall–Kier alpha value is -4.02. The van der Waals surface area contributed by atoms with Crippen molar-refractivity contribution in [3.63, 3.8) is 0 Å². The van der Waals surface area contributed by atoms with Crippen LogP contribution in [-0.4, -0.2) is 41.2 Å². The topological polar surface area (TPSA) is 108 Å². The lowest BCUT2D eigenvalue weighted by Crippen LogP contribution is -2.32. The quantitative estimate of drug-likeness (QED) is 0.176. The van der Waals surface area contributed by atoms with Crippen LogP contribution in [0.1, 0.15) is 11.1 Å². The van der Waals surface area contributed by atoms with Crippen molar-refractivity contribution in [1.82, 2.24) is 4.90 Å². The number of ether oxygens (including phenoxy) is 3. The van der Waals surface area contributed by atoms with E-state index < -0.39 is 16.1 Å². The Morgan fingerprint density at radius 2 is 1.76 bits per heavy atom. The molecule has 0 N–H and O–H groups in total. The Morgan fingerprint density at radius 1 is 1.00 bits per heavy atom. The molecular weight excluding hydrogens is 520 g/mol. The van der Waals surface area contributed by atoms with Gasteiger partial charge in [0.05, 0.1) is 34.1 Å². The minimum Gasteiger partial charge on any atom is -0.493 e. The molecule has 4 rings (SSSR count). The van der Waals surface area contributed by atoms with E-state index in [1.54, 1.807) is 66.7 Å². The van der Waals surface area contributed by atoms with E-state index in [-0.39, 0.29) is 30.4 Å². The molecule has 3 aromatic rings. The van der Waals surface area contributed by atoms with E-state index in [2.05, 4.69) is 0 Å². The standard InChI is InChI=1S/C26H21ClN2O7S/c1-34-22-11-10-17(14-23(22)36-16-18-6-2-4-8-20(18)29(32)33)15-24-25(30)28(26(31)37-24)12-13-35-21-9-5-3-7-19(21)27/h2-11,14-15H,12-13,16H2,1H3/b24-15-. The van der Waals surface area contributed by atoms with Crippen LogP contribution in [0.15, 0.2) is 71.6 Å². The molecule has 190 valence electrons. The number of hydrogen-bond donors (Lipinski definition) is 0. The van der Waals surface area contributed by atoms with Gasteiger partial charge >= 0.3 is 0 Å². The fraction of sp³-hybridized carbons (Fsp3) is 0.154. The van der Waals surface area contributed by atoms with Crippen molar-refractivity contribution >= 4 is 46.3 Å². The molecule has 0 unspecified atom stereocenters. The molecule has 1 aliphatic rings. The highest BCUT2D eigenvalue weighted by atomic mass is 35.5. The summed E-state index contributed by atoms with van der Waals surface area (Å²) in [5, 5.41) is 11.3. The van der Waals surface area contributed by atoms with E-state index in [1.807, 2.05) is 0 Å². The fourth-order valence-corrected chi connectivity index (χ4v) is 4.57. The van der Waals surface area contributed by atoms with Gasteiger partial charge in [0.25, 0.3) is 16.8 Å². The van der Waals surface area contributed by atoms with Crippen molar-refractivity contribution < 1.29 is 28.7 Å². The number of carbonyl (C=O) groups is 2. The number of hydrogen-bond acceptors (Lipinski definition) is 8. The second kappa shape index (κ2) is 11.8. The minimum absolute atomic E-state index is 0.0511. The van der Waals surface area contributed by atoms with E-state index in [0.717, 1.165) is 16.7 Å². The third kappa shape index (κ3) is 6.22. The van der Waals surface area contributed by atoms with Crippen LogP contribution in [-0.2, 0) is 11.4 Å². The Balaban J connectivity index is 1.45. The van der Waals surface area contributed by atoms with Gasteiger partial charge in [-0.25, -0.2) is 0 Å². The highest BCUT2D eigenvalue weighted by Crippen LogP contribution is 2.35. The smallest absolute Gasteiger partial charge is 0.293 e. The molecule has 0 aromatic heterocycles. The first kappa shape index (κ1) is 26.1. The van der Waals surface area contributed by atoms with Crippen LogP contribution < -0.4 is 14.2 Å². The van der Waals surface area contributed by atoms with Crippen LogP contribution in [0.5, 0.6) is 17.2 Å². The Bertz CT molecular complexity index is 1380. The van der Waals surface area contributed by atoms with Gasteiger partial charge in [-0.3, -0.25) is 24.6 Å². The lowest BCUT2D eigenvalue weighted by atomic mass is 10.1. The third-order valence-corrected chi connectivity index (χ3v) is 6.56. The molecule has 1 fully saturated rings. The van der Waals surface area contributed by atoms with Gasteiger partial charge in [-0.05, 0) is 53.7 Å². The summed E-state index contributed by atoms with van der Waals surface area (Å²) >= 11 is 6.90. The van der Waals surface area contributed by atoms with Crippen molar-refractivity contribution in [1.29, 1.82) is 0 Å². The van der Waals surface area contributed by atoms with Crippen LogP contribution in [0.25, 0.3) is 6.08 Å². The highest BCUT2D eigenvalue weighted by Gasteiger charge is 2.34. The summed E-state index contributed by atoms with van der Waals surface area (Å²) < 4.78 is 16.8. The van der Waals surface area contributed by atoms with Gasteiger partial charge in [-0.1, -0.05) is 41.9 Å². The number of carbonyl (C=O) groups excluding carboxylic acids is 2. The third-order valence-electron chi connectivity index (χ3n) is 5.34. The lowest BCUT2D eigenvalue weighted by Gasteiger charge is -2.14. The molecule has 0 aliphatic carbocycles. The highest BCUT2D eigenvalue weighted by molar-refractivity contribution is 8.18. The Labute approximate surface area is 221 Å². The largest absolute Gasteiger partial charge is 0.493 e. The molecule has 2 amide bonds. The van der Waals surface area contributed by atoms with Crippen LogP contribution in [0.4, 0.5) is 10.5 Å². The molecule has 11 heteroatoms. The first-order valence-corrected chi connectivity index (χ1v) is 12.2. The van der Waals surface area contributed by atoms with Gasteiger partial charge in [-0.2, -0.15) is 0 Å². The molecule has 1 heterocycles. The summed E-state index contributed by atoms with van der Waals surface area (Å²) in [4.78, 5) is 37.5. The zero-order valence-electron chi connectivity index (χ0n) is 19.6. The molecule has 0 spiro atoms. The summed E-state index contributed by atoms with van der Waals surface area (Å²) in [6.45, 7) is 0.111. The van der Waals surface area contributed by atoms with Gasteiger partial charge in [0, 0.05) is 6.07 Å². The maximum Gasteiger partial charge on any atom is 0.293 e. The first-order valence-electron chi connectivity index (χ1n) is 11.0. The number of imide groups is 1. The number of halogens is 1. The van der Waals surface area contributed by atoms with Crippen molar-refractivity contribution in [3.05, 3.63) is 97.9 Å². The maximum absolute atomic E-state index is 12.9. The van der Waals surface area contributed by atoms with E-state index in [0.29, 0.717) is 33.4 Å². The molecule has 0 bridgehead atoms. The van der Waals surface area contributed by atoms with E-state index in [9.17, 15) is 19.7 Å².